The van der Waals surface area contributed by atoms with E-state index in [1.165, 1.54) is 7.11 Å². The van der Waals surface area contributed by atoms with Gasteiger partial charge in [0.1, 0.15) is 5.75 Å². The fourth-order valence-corrected chi connectivity index (χ4v) is 3.57. The largest absolute Gasteiger partial charge is 0.496 e. The lowest BCUT2D eigenvalue weighted by Gasteiger charge is -2.13. The third-order valence-corrected chi connectivity index (χ3v) is 5.38. The molecule has 3 rings (SSSR count). The molecule has 0 saturated carbocycles. The summed E-state index contributed by atoms with van der Waals surface area (Å²) in [5.74, 6) is 0.272. The van der Waals surface area contributed by atoms with Gasteiger partial charge in [-0.3, -0.25) is 4.79 Å². The molecule has 0 spiro atoms. The van der Waals surface area contributed by atoms with Gasteiger partial charge < -0.3 is 19.7 Å². The summed E-state index contributed by atoms with van der Waals surface area (Å²) in [7, 11) is 7.10. The molecule has 0 aliphatic carbocycles. The van der Waals surface area contributed by atoms with E-state index in [1.807, 2.05) is 62.6 Å². The van der Waals surface area contributed by atoms with Crippen molar-refractivity contribution >= 4 is 17.6 Å². The number of ether oxygens (including phenoxy) is 2. The standard InChI is InChI=1S/C27H30N2O4/c1-29(2)17-5-6-22-18-23(13-16-25(22)32-3)26(30)28-24-14-11-20(12-15-24)19-7-9-21(10-8-19)27(31)33-4/h7-16,18H,5-6,17H2,1-4H3,(H,28,30). The summed E-state index contributed by atoms with van der Waals surface area (Å²) in [6, 6.07) is 20.3. The Hall–Kier alpha value is -3.64. The van der Waals surface area contributed by atoms with Gasteiger partial charge in [0.2, 0.25) is 0 Å². The van der Waals surface area contributed by atoms with E-state index >= 15 is 0 Å². The summed E-state index contributed by atoms with van der Waals surface area (Å²) < 4.78 is 10.2. The summed E-state index contributed by atoms with van der Waals surface area (Å²) in [6.45, 7) is 0.970. The molecule has 0 saturated heterocycles. The number of hydrogen-bond donors (Lipinski definition) is 1. The number of esters is 1. The summed E-state index contributed by atoms with van der Waals surface area (Å²) >= 11 is 0. The molecule has 3 aromatic rings. The van der Waals surface area contributed by atoms with Gasteiger partial charge in [-0.1, -0.05) is 24.3 Å². The van der Waals surface area contributed by atoms with Crippen molar-refractivity contribution in [3.8, 4) is 16.9 Å². The second kappa shape index (κ2) is 11.3. The van der Waals surface area contributed by atoms with Gasteiger partial charge in [-0.2, -0.15) is 0 Å². The van der Waals surface area contributed by atoms with Crippen LogP contribution >= 0.6 is 0 Å². The Morgan fingerprint density at radius 3 is 2.03 bits per heavy atom. The molecule has 33 heavy (non-hydrogen) atoms. The van der Waals surface area contributed by atoms with Crippen molar-refractivity contribution in [2.75, 3.05) is 40.2 Å². The van der Waals surface area contributed by atoms with E-state index < -0.39 is 0 Å². The van der Waals surface area contributed by atoms with Gasteiger partial charge in [0.15, 0.2) is 0 Å². The maximum absolute atomic E-state index is 12.8. The molecule has 1 amide bonds. The van der Waals surface area contributed by atoms with Crippen LogP contribution in [0, 0.1) is 0 Å². The third-order valence-electron chi connectivity index (χ3n) is 5.38. The van der Waals surface area contributed by atoms with E-state index in [0.29, 0.717) is 16.8 Å². The zero-order chi connectivity index (χ0) is 23.8. The van der Waals surface area contributed by atoms with Gasteiger partial charge in [0.05, 0.1) is 19.8 Å². The van der Waals surface area contributed by atoms with Crippen molar-refractivity contribution in [2.24, 2.45) is 0 Å². The lowest BCUT2D eigenvalue weighted by atomic mass is 10.0. The first kappa shape index (κ1) is 24.0. The zero-order valence-electron chi connectivity index (χ0n) is 19.6. The number of amides is 1. The van der Waals surface area contributed by atoms with Gasteiger partial charge in [-0.15, -0.1) is 0 Å². The number of nitrogens with one attached hydrogen (secondary N) is 1. The third kappa shape index (κ3) is 6.43. The minimum Gasteiger partial charge on any atom is -0.496 e. The monoisotopic (exact) mass is 446 g/mol. The molecular formula is C27H30N2O4. The van der Waals surface area contributed by atoms with E-state index in [4.69, 9.17) is 9.47 Å². The number of carbonyl (C=O) groups is 2. The van der Waals surface area contributed by atoms with Gasteiger partial charge in [-0.05, 0) is 92.6 Å². The molecule has 0 aliphatic rings. The van der Waals surface area contributed by atoms with Crippen LogP contribution in [0.15, 0.2) is 66.7 Å². The topological polar surface area (TPSA) is 67.9 Å². The number of methoxy groups -OCH3 is 2. The first-order valence-electron chi connectivity index (χ1n) is 10.8. The number of anilines is 1. The number of carbonyl (C=O) groups excluding carboxylic acids is 2. The maximum atomic E-state index is 12.8. The SMILES string of the molecule is COC(=O)c1ccc(-c2ccc(NC(=O)c3ccc(OC)c(CCCN(C)C)c3)cc2)cc1. The molecule has 0 aromatic heterocycles. The van der Waals surface area contributed by atoms with Crippen LogP contribution in [0.3, 0.4) is 0 Å². The van der Waals surface area contributed by atoms with Crippen LogP contribution in [-0.4, -0.2) is 51.6 Å². The highest BCUT2D eigenvalue weighted by Crippen LogP contribution is 2.24. The quantitative estimate of drug-likeness (QED) is 0.474. The fourth-order valence-electron chi connectivity index (χ4n) is 3.57. The average molecular weight is 447 g/mol. The highest BCUT2D eigenvalue weighted by Gasteiger charge is 2.11. The van der Waals surface area contributed by atoms with Gasteiger partial charge in [0.25, 0.3) is 5.91 Å². The van der Waals surface area contributed by atoms with E-state index in [9.17, 15) is 9.59 Å². The molecule has 0 bridgehead atoms. The Labute approximate surface area is 195 Å². The zero-order valence-corrected chi connectivity index (χ0v) is 19.6. The first-order valence-corrected chi connectivity index (χ1v) is 10.8. The molecule has 0 aliphatic heterocycles. The van der Waals surface area contributed by atoms with Crippen LogP contribution in [0.1, 0.15) is 32.7 Å². The number of benzene rings is 3. The lowest BCUT2D eigenvalue weighted by molar-refractivity contribution is 0.0600. The molecule has 6 heteroatoms. The molecule has 1 N–H and O–H groups in total. The predicted octanol–water partition coefficient (Wildman–Crippen LogP) is 4.90. The second-order valence-electron chi connectivity index (χ2n) is 8.03. The van der Waals surface area contributed by atoms with Crippen molar-refractivity contribution in [2.45, 2.75) is 12.8 Å². The number of aryl methyl sites for hydroxylation is 1. The summed E-state index contributed by atoms with van der Waals surface area (Å²) in [6.07, 6.45) is 1.82. The fraction of sp³-hybridized carbons (Fsp3) is 0.259. The number of nitrogens with zero attached hydrogens (tertiary/aromatic N) is 1. The van der Waals surface area contributed by atoms with Crippen molar-refractivity contribution < 1.29 is 19.1 Å². The van der Waals surface area contributed by atoms with Crippen LogP contribution in [0.4, 0.5) is 5.69 Å². The minimum absolute atomic E-state index is 0.165. The molecule has 172 valence electrons. The lowest BCUT2D eigenvalue weighted by Crippen LogP contribution is -2.14. The molecule has 0 unspecified atom stereocenters. The number of hydrogen-bond acceptors (Lipinski definition) is 5. The van der Waals surface area contributed by atoms with Crippen LogP contribution in [0.2, 0.25) is 0 Å². The first-order chi connectivity index (χ1) is 15.9. The maximum Gasteiger partial charge on any atom is 0.337 e. The second-order valence-corrected chi connectivity index (χ2v) is 8.03. The Bertz CT molecular complexity index is 1090. The van der Waals surface area contributed by atoms with Gasteiger partial charge in [0, 0.05) is 11.3 Å². The molecule has 0 radical (unpaired) electrons. The van der Waals surface area contributed by atoms with Crippen LogP contribution in [0.5, 0.6) is 5.75 Å². The van der Waals surface area contributed by atoms with Crippen molar-refractivity contribution in [3.05, 3.63) is 83.4 Å². The van der Waals surface area contributed by atoms with E-state index in [-0.39, 0.29) is 11.9 Å². The smallest absolute Gasteiger partial charge is 0.337 e. The Kier molecular flexibility index (Phi) is 8.22. The van der Waals surface area contributed by atoms with Crippen molar-refractivity contribution in [1.29, 1.82) is 0 Å². The molecule has 3 aromatic carbocycles. The van der Waals surface area contributed by atoms with E-state index in [0.717, 1.165) is 41.8 Å². The van der Waals surface area contributed by atoms with Gasteiger partial charge >= 0.3 is 5.97 Å². The normalized spacial score (nSPS) is 10.7. The van der Waals surface area contributed by atoms with Crippen LogP contribution in [-0.2, 0) is 11.2 Å². The van der Waals surface area contributed by atoms with Crippen LogP contribution < -0.4 is 10.1 Å². The number of rotatable bonds is 9. The highest BCUT2D eigenvalue weighted by atomic mass is 16.5. The molecule has 0 heterocycles. The molecule has 6 nitrogen and oxygen atoms in total. The minimum atomic E-state index is -0.362. The Balaban J connectivity index is 1.68. The average Bonchev–Trinajstić information content (AvgIpc) is 2.83. The summed E-state index contributed by atoms with van der Waals surface area (Å²) in [5.41, 5.74) is 4.79. The van der Waals surface area contributed by atoms with E-state index in [2.05, 4.69) is 10.2 Å². The van der Waals surface area contributed by atoms with Crippen molar-refractivity contribution in [1.82, 2.24) is 4.90 Å². The van der Waals surface area contributed by atoms with Crippen LogP contribution in [0.25, 0.3) is 11.1 Å². The Morgan fingerprint density at radius 2 is 1.45 bits per heavy atom. The van der Waals surface area contributed by atoms with Crippen molar-refractivity contribution in [3.63, 3.8) is 0 Å². The predicted molar refractivity (Wildman–Crippen MR) is 131 cm³/mol. The summed E-state index contributed by atoms with van der Waals surface area (Å²) in [4.78, 5) is 26.6. The van der Waals surface area contributed by atoms with Gasteiger partial charge in [-0.25, -0.2) is 4.79 Å². The molecular weight excluding hydrogens is 416 g/mol. The molecule has 0 atom stereocenters. The molecule has 0 fully saturated rings. The Morgan fingerprint density at radius 1 is 0.848 bits per heavy atom. The highest BCUT2D eigenvalue weighted by molar-refractivity contribution is 6.04. The summed E-state index contributed by atoms with van der Waals surface area (Å²) in [5, 5.41) is 2.96. The van der Waals surface area contributed by atoms with E-state index in [1.54, 1.807) is 25.3 Å².